The van der Waals surface area contributed by atoms with Gasteiger partial charge in [-0.05, 0) is 37.3 Å². The SMILES string of the molecule is OCCC1CCN(c2ncc(-c3cc4ccccc4o3)cn2)CC1. The van der Waals surface area contributed by atoms with Gasteiger partial charge >= 0.3 is 0 Å². The predicted molar refractivity (Wildman–Crippen MR) is 93.9 cm³/mol. The summed E-state index contributed by atoms with van der Waals surface area (Å²) in [7, 11) is 0. The fourth-order valence-electron chi connectivity index (χ4n) is 3.34. The van der Waals surface area contributed by atoms with E-state index in [-0.39, 0.29) is 6.61 Å². The van der Waals surface area contributed by atoms with Crippen LogP contribution in [-0.2, 0) is 0 Å². The molecule has 5 nitrogen and oxygen atoms in total. The van der Waals surface area contributed by atoms with E-state index in [2.05, 4.69) is 14.9 Å². The van der Waals surface area contributed by atoms with Crippen LogP contribution in [0, 0.1) is 5.92 Å². The Hall–Kier alpha value is -2.40. The Bertz CT molecular complexity index is 772. The molecule has 1 fully saturated rings. The minimum Gasteiger partial charge on any atom is -0.456 e. The zero-order chi connectivity index (χ0) is 16.4. The average Bonchev–Trinajstić information content (AvgIpc) is 3.07. The Labute approximate surface area is 141 Å². The van der Waals surface area contributed by atoms with Crippen LogP contribution in [0.5, 0.6) is 0 Å². The number of nitrogens with zero attached hydrogens (tertiary/aromatic N) is 3. The number of para-hydroxylation sites is 1. The molecule has 3 heterocycles. The second kappa shape index (κ2) is 6.61. The van der Waals surface area contributed by atoms with Gasteiger partial charge < -0.3 is 14.4 Å². The van der Waals surface area contributed by atoms with Crippen LogP contribution in [0.1, 0.15) is 19.3 Å². The number of benzene rings is 1. The molecule has 2 aromatic heterocycles. The normalized spacial score (nSPS) is 16.0. The smallest absolute Gasteiger partial charge is 0.225 e. The standard InChI is InChI=1S/C19H21N3O2/c23-10-7-14-5-8-22(9-6-14)19-20-12-16(13-21-19)18-11-15-3-1-2-4-17(15)24-18/h1-4,11-14,23H,5-10H2. The summed E-state index contributed by atoms with van der Waals surface area (Å²) in [6, 6.07) is 9.99. The molecule has 0 amide bonds. The summed E-state index contributed by atoms with van der Waals surface area (Å²) in [5.41, 5.74) is 1.77. The molecule has 5 heteroatoms. The van der Waals surface area contributed by atoms with Gasteiger partial charge in [0.1, 0.15) is 11.3 Å². The van der Waals surface area contributed by atoms with Gasteiger partial charge in [-0.25, -0.2) is 9.97 Å². The van der Waals surface area contributed by atoms with Gasteiger partial charge in [-0.3, -0.25) is 0 Å². The molecule has 0 saturated carbocycles. The quantitative estimate of drug-likeness (QED) is 0.796. The number of anilines is 1. The predicted octanol–water partition coefficient (Wildman–Crippen LogP) is 3.49. The second-order valence-corrected chi connectivity index (χ2v) is 6.36. The number of aliphatic hydroxyl groups excluding tert-OH is 1. The summed E-state index contributed by atoms with van der Waals surface area (Å²) < 4.78 is 5.86. The lowest BCUT2D eigenvalue weighted by Gasteiger charge is -2.31. The van der Waals surface area contributed by atoms with Crippen LogP contribution in [0.25, 0.3) is 22.3 Å². The third kappa shape index (κ3) is 2.99. The molecule has 1 N–H and O–H groups in total. The lowest BCUT2D eigenvalue weighted by atomic mass is 9.94. The molecular weight excluding hydrogens is 302 g/mol. The number of aromatic nitrogens is 2. The van der Waals surface area contributed by atoms with Gasteiger partial charge in [-0.1, -0.05) is 18.2 Å². The third-order valence-corrected chi connectivity index (χ3v) is 4.78. The zero-order valence-corrected chi connectivity index (χ0v) is 13.6. The zero-order valence-electron chi connectivity index (χ0n) is 13.6. The minimum atomic E-state index is 0.285. The first-order valence-electron chi connectivity index (χ1n) is 8.50. The molecule has 0 spiro atoms. The largest absolute Gasteiger partial charge is 0.456 e. The molecule has 1 aromatic carbocycles. The van der Waals surface area contributed by atoms with Crippen LogP contribution >= 0.6 is 0 Å². The highest BCUT2D eigenvalue weighted by molar-refractivity contribution is 5.82. The van der Waals surface area contributed by atoms with Crippen molar-refractivity contribution in [2.24, 2.45) is 5.92 Å². The maximum atomic E-state index is 9.05. The number of hydrogen-bond donors (Lipinski definition) is 1. The molecule has 0 unspecified atom stereocenters. The Morgan fingerprint density at radius 3 is 2.58 bits per heavy atom. The van der Waals surface area contributed by atoms with Gasteiger partial charge in [0.2, 0.25) is 5.95 Å². The van der Waals surface area contributed by atoms with E-state index >= 15 is 0 Å². The molecular formula is C19H21N3O2. The highest BCUT2D eigenvalue weighted by atomic mass is 16.3. The maximum absolute atomic E-state index is 9.05. The highest BCUT2D eigenvalue weighted by Gasteiger charge is 2.20. The minimum absolute atomic E-state index is 0.285. The molecule has 4 rings (SSSR count). The monoisotopic (exact) mass is 323 g/mol. The summed E-state index contributed by atoms with van der Waals surface area (Å²) in [4.78, 5) is 11.3. The van der Waals surface area contributed by atoms with Crippen molar-refractivity contribution in [2.75, 3.05) is 24.6 Å². The van der Waals surface area contributed by atoms with Crippen molar-refractivity contribution in [1.82, 2.24) is 9.97 Å². The van der Waals surface area contributed by atoms with Gasteiger partial charge in [0.15, 0.2) is 0 Å². The number of rotatable bonds is 4. The molecule has 0 aliphatic carbocycles. The number of hydrogen-bond acceptors (Lipinski definition) is 5. The van der Waals surface area contributed by atoms with E-state index in [1.807, 2.05) is 42.7 Å². The first kappa shape index (κ1) is 15.1. The molecule has 24 heavy (non-hydrogen) atoms. The average molecular weight is 323 g/mol. The molecule has 1 aliphatic rings. The summed E-state index contributed by atoms with van der Waals surface area (Å²) in [6.07, 6.45) is 6.75. The Morgan fingerprint density at radius 2 is 1.88 bits per heavy atom. The molecule has 0 radical (unpaired) electrons. The highest BCUT2D eigenvalue weighted by Crippen LogP contribution is 2.28. The van der Waals surface area contributed by atoms with Crippen molar-refractivity contribution in [3.05, 3.63) is 42.7 Å². The van der Waals surface area contributed by atoms with E-state index in [1.165, 1.54) is 0 Å². The van der Waals surface area contributed by atoms with Crippen molar-refractivity contribution >= 4 is 16.9 Å². The van der Waals surface area contributed by atoms with Gasteiger partial charge in [-0.15, -0.1) is 0 Å². The Kier molecular flexibility index (Phi) is 4.17. The fraction of sp³-hybridized carbons (Fsp3) is 0.368. The van der Waals surface area contributed by atoms with E-state index in [0.29, 0.717) is 5.92 Å². The van der Waals surface area contributed by atoms with Crippen molar-refractivity contribution in [3.8, 4) is 11.3 Å². The van der Waals surface area contributed by atoms with Gasteiger partial charge in [0.25, 0.3) is 0 Å². The summed E-state index contributed by atoms with van der Waals surface area (Å²) >= 11 is 0. The molecule has 1 saturated heterocycles. The summed E-state index contributed by atoms with van der Waals surface area (Å²) in [5, 5.41) is 10.1. The maximum Gasteiger partial charge on any atom is 0.225 e. The Balaban J connectivity index is 1.49. The molecule has 0 bridgehead atoms. The van der Waals surface area contributed by atoms with Crippen molar-refractivity contribution in [3.63, 3.8) is 0 Å². The van der Waals surface area contributed by atoms with E-state index in [9.17, 15) is 0 Å². The van der Waals surface area contributed by atoms with Crippen LogP contribution in [0.15, 0.2) is 47.1 Å². The van der Waals surface area contributed by atoms with Gasteiger partial charge in [-0.2, -0.15) is 0 Å². The number of aliphatic hydroxyl groups is 1. The number of piperidine rings is 1. The molecule has 124 valence electrons. The van der Waals surface area contributed by atoms with Crippen molar-refractivity contribution < 1.29 is 9.52 Å². The molecule has 0 atom stereocenters. The summed E-state index contributed by atoms with van der Waals surface area (Å²) in [6.45, 7) is 2.19. The molecule has 3 aromatic rings. The first-order chi connectivity index (χ1) is 11.8. The molecule has 1 aliphatic heterocycles. The lowest BCUT2D eigenvalue weighted by Crippen LogP contribution is -2.35. The second-order valence-electron chi connectivity index (χ2n) is 6.36. The Morgan fingerprint density at radius 1 is 1.12 bits per heavy atom. The van der Waals surface area contributed by atoms with E-state index < -0.39 is 0 Å². The number of fused-ring (bicyclic) bond motifs is 1. The first-order valence-corrected chi connectivity index (χ1v) is 8.50. The summed E-state index contributed by atoms with van der Waals surface area (Å²) in [5.74, 6) is 2.20. The van der Waals surface area contributed by atoms with Gasteiger partial charge in [0, 0.05) is 37.5 Å². The van der Waals surface area contributed by atoms with Crippen LogP contribution < -0.4 is 4.90 Å². The topological polar surface area (TPSA) is 62.4 Å². The van der Waals surface area contributed by atoms with Crippen molar-refractivity contribution in [2.45, 2.75) is 19.3 Å². The van der Waals surface area contributed by atoms with E-state index in [4.69, 9.17) is 9.52 Å². The van der Waals surface area contributed by atoms with E-state index in [1.54, 1.807) is 0 Å². The van der Waals surface area contributed by atoms with Crippen LogP contribution in [0.3, 0.4) is 0 Å². The van der Waals surface area contributed by atoms with Crippen LogP contribution in [0.4, 0.5) is 5.95 Å². The lowest BCUT2D eigenvalue weighted by molar-refractivity contribution is 0.240. The fourth-order valence-corrected chi connectivity index (χ4v) is 3.34. The number of furan rings is 1. The van der Waals surface area contributed by atoms with Crippen LogP contribution in [-0.4, -0.2) is 34.8 Å². The third-order valence-electron chi connectivity index (χ3n) is 4.78. The van der Waals surface area contributed by atoms with E-state index in [0.717, 1.165) is 60.6 Å². The van der Waals surface area contributed by atoms with Crippen LogP contribution in [0.2, 0.25) is 0 Å². The van der Waals surface area contributed by atoms with Gasteiger partial charge in [0.05, 0.1) is 5.56 Å². The van der Waals surface area contributed by atoms with Crippen molar-refractivity contribution in [1.29, 1.82) is 0 Å².